The van der Waals surface area contributed by atoms with Crippen LogP contribution in [0.5, 0.6) is 0 Å². The monoisotopic (exact) mass is 2070 g/mol. The maximum absolute atomic E-state index is 14.0. The van der Waals surface area contributed by atoms with Crippen LogP contribution in [0.15, 0.2) is 322 Å². The molecule has 0 aliphatic rings. The van der Waals surface area contributed by atoms with Crippen molar-refractivity contribution in [2.24, 2.45) is 0 Å². The lowest BCUT2D eigenvalue weighted by molar-refractivity contribution is 0.586. The van der Waals surface area contributed by atoms with Gasteiger partial charge in [0.15, 0.2) is 78.3 Å². The maximum Gasteiger partial charge on any atom is 0.184 e. The number of H-pyrrole nitrogens is 5. The van der Waals surface area contributed by atoms with Gasteiger partial charge in [-0.25, -0.2) is 80.2 Å². The summed E-state index contributed by atoms with van der Waals surface area (Å²) in [5.74, 6) is -1.32. The van der Waals surface area contributed by atoms with Crippen molar-refractivity contribution in [1.82, 2.24) is 74.8 Å². The number of imidazole rings is 5. The highest BCUT2D eigenvalue weighted by Crippen LogP contribution is 2.38. The van der Waals surface area contributed by atoms with Crippen LogP contribution in [0.1, 0.15) is 27.8 Å². The first-order chi connectivity index (χ1) is 65.1. The van der Waals surface area contributed by atoms with E-state index < -0.39 is 83.9 Å². The third kappa shape index (κ3) is 22.6. The van der Waals surface area contributed by atoms with E-state index in [4.69, 9.17) is 92.8 Å². The summed E-state index contributed by atoms with van der Waals surface area (Å²) in [6.07, 6.45) is 8.27. The molecule has 0 aliphatic heterocycles. The van der Waals surface area contributed by atoms with E-state index in [1.807, 2.05) is 54.6 Å². The summed E-state index contributed by atoms with van der Waals surface area (Å²) in [5.41, 5.74) is 9.94. The molecule has 20 rings (SSSR count). The van der Waals surface area contributed by atoms with Crippen LogP contribution in [0.25, 0.3) is 113 Å². The van der Waals surface area contributed by atoms with Crippen molar-refractivity contribution in [3.8, 4) is 57.6 Å². The molecule has 0 saturated heterocycles. The number of rotatable bonds is 20. The minimum atomic E-state index is -3.96. The average molecular weight is 2080 g/mol. The fourth-order valence-corrected chi connectivity index (χ4v) is 23.6. The van der Waals surface area contributed by atoms with Gasteiger partial charge in [-0.3, -0.25) is 24.9 Å². The standard InChI is InChI=1S/C19H12Cl2FN3O2S.2C19H13Cl2N3O2S.2C19H13ClFN3O2S/c20-12-4-3-5-14(22)11(12)10-28(26,27)18-9-17-16(8-13(18)21)24-19(25-17)15-6-1-2-7-23-15;20-13-6-2-1-5-12(13)11-27(25,26)18-10-17-16(9-14(18)21)23-19(24-17)15-7-3-4-8-22-15;20-13-5-4-12(15(21)9-13)11-27(25,26)14-6-7-16-18(10-14)24-19(23-16)17-3-1-2-8-22-17;20-14-4-3-5-15(21)13(14)11-27(25,26)12-7-8-16-18(10-12)24-19(23-16)17-6-1-2-9-22-17;20-13-5-4-12(15(21)9-13)11-27(25,26)14-6-7-16-18(10-14)24-19(23-16)17-3-1-2-8-22-17/h1-9H,10H2,(H,24,25);4*1-10H,11H2,(H,23,24). The number of sulfone groups is 5. The van der Waals surface area contributed by atoms with Crippen LogP contribution >= 0.6 is 92.8 Å². The van der Waals surface area contributed by atoms with Gasteiger partial charge in [0.2, 0.25) is 0 Å². The molecule has 10 aromatic heterocycles. The van der Waals surface area contributed by atoms with Crippen LogP contribution < -0.4 is 0 Å². The summed E-state index contributed by atoms with van der Waals surface area (Å²) in [4.78, 5) is 59.0. The van der Waals surface area contributed by atoms with Crippen molar-refractivity contribution >= 4 is 197 Å². The Morgan fingerprint density at radius 3 is 0.890 bits per heavy atom. The quantitative estimate of drug-likeness (QED) is 0.0473. The Hall–Kier alpha value is -12.8. The van der Waals surface area contributed by atoms with E-state index >= 15 is 0 Å². The Kier molecular flexibility index (Phi) is 29.0. The van der Waals surface area contributed by atoms with E-state index in [9.17, 15) is 55.3 Å². The molecular formula is C95H64Cl8F3N15O10S5. The molecule has 0 amide bonds. The van der Waals surface area contributed by atoms with Gasteiger partial charge in [-0.1, -0.05) is 166 Å². The first-order valence-corrected chi connectivity index (χ1v) is 51.4. The molecule has 0 spiro atoms. The van der Waals surface area contributed by atoms with E-state index in [-0.39, 0.29) is 77.8 Å². The Bertz CT molecular complexity index is 8320. The van der Waals surface area contributed by atoms with Gasteiger partial charge in [0.25, 0.3) is 0 Å². The van der Waals surface area contributed by atoms with Gasteiger partial charge in [0.1, 0.15) is 45.9 Å². The van der Waals surface area contributed by atoms with Crippen LogP contribution in [-0.4, -0.2) is 117 Å². The number of aromatic amines is 5. The smallest absolute Gasteiger partial charge is 0.184 e. The number of aromatic nitrogens is 15. The third-order valence-corrected chi connectivity index (χ3v) is 31.6. The number of fused-ring (bicyclic) bond motifs is 5. The van der Waals surface area contributed by atoms with Crippen molar-refractivity contribution < 1.29 is 55.3 Å². The molecule has 0 atom stereocenters. The topological polar surface area (TPSA) is 379 Å². The Morgan fingerprint density at radius 1 is 0.235 bits per heavy atom. The molecule has 10 heterocycles. The van der Waals surface area contributed by atoms with Crippen molar-refractivity contribution in [2.75, 3.05) is 0 Å². The summed E-state index contributed by atoms with van der Waals surface area (Å²) in [6, 6.07) is 70.7. The van der Waals surface area contributed by atoms with E-state index in [0.717, 1.165) is 12.1 Å². The second-order valence-corrected chi connectivity index (χ2v) is 43.1. The minimum absolute atomic E-state index is 0.000896. The van der Waals surface area contributed by atoms with Gasteiger partial charge in [0, 0.05) is 77.8 Å². The second kappa shape index (κ2) is 41.0. The fourth-order valence-electron chi connectivity index (χ4n) is 13.8. The summed E-state index contributed by atoms with van der Waals surface area (Å²) < 4.78 is 170. The maximum atomic E-state index is 14.0. The van der Waals surface area contributed by atoms with Crippen LogP contribution in [0.2, 0.25) is 40.2 Å². The first-order valence-electron chi connectivity index (χ1n) is 40.1. The van der Waals surface area contributed by atoms with Gasteiger partial charge in [-0.15, -0.1) is 0 Å². The molecule has 0 radical (unpaired) electrons. The molecule has 20 aromatic rings. The lowest BCUT2D eigenvalue weighted by Crippen LogP contribution is -2.08. The normalized spacial score (nSPS) is 11.8. The molecular weight excluding hydrogens is 2010 g/mol. The van der Waals surface area contributed by atoms with Crippen molar-refractivity contribution in [1.29, 1.82) is 0 Å². The number of hydrogen-bond donors (Lipinski definition) is 5. The predicted molar refractivity (Wildman–Crippen MR) is 523 cm³/mol. The lowest BCUT2D eigenvalue weighted by atomic mass is 10.2. The number of nitrogens with one attached hydrogen (secondary N) is 5. The Morgan fingerprint density at radius 2 is 0.537 bits per heavy atom. The van der Waals surface area contributed by atoms with Crippen LogP contribution in [0.4, 0.5) is 13.2 Å². The predicted octanol–water partition coefficient (Wildman–Crippen LogP) is 23.6. The molecule has 0 saturated carbocycles. The molecule has 0 aliphatic carbocycles. The molecule has 0 unspecified atom stereocenters. The summed E-state index contributed by atoms with van der Waals surface area (Å²) >= 11 is 48.2. The molecule has 0 fully saturated rings. The van der Waals surface area contributed by atoms with Crippen molar-refractivity contribution in [2.45, 2.75) is 53.2 Å². The average Bonchev–Trinajstić information content (AvgIpc) is 1.65. The van der Waals surface area contributed by atoms with E-state index in [0.29, 0.717) is 139 Å². The van der Waals surface area contributed by atoms with E-state index in [1.165, 1.54) is 91.0 Å². The largest absolute Gasteiger partial charge is 0.337 e. The zero-order valence-corrected chi connectivity index (χ0v) is 79.7. The molecule has 5 N–H and O–H groups in total. The minimum Gasteiger partial charge on any atom is -0.337 e. The van der Waals surface area contributed by atoms with E-state index in [1.54, 1.807) is 140 Å². The zero-order chi connectivity index (χ0) is 96.0. The number of benzene rings is 10. The summed E-state index contributed by atoms with van der Waals surface area (Å²) in [7, 11) is -18.8. The first kappa shape index (κ1) is 96.3. The molecule has 10 aromatic carbocycles. The van der Waals surface area contributed by atoms with Crippen LogP contribution in [0, 0.1) is 17.5 Å². The highest BCUT2D eigenvalue weighted by Gasteiger charge is 2.29. The van der Waals surface area contributed by atoms with Crippen LogP contribution in [0.3, 0.4) is 0 Å². The zero-order valence-electron chi connectivity index (χ0n) is 69.6. The van der Waals surface area contributed by atoms with Gasteiger partial charge in [-0.05, 0) is 205 Å². The van der Waals surface area contributed by atoms with E-state index in [2.05, 4.69) is 74.8 Å². The van der Waals surface area contributed by atoms with Crippen LogP contribution in [-0.2, 0) is 78.0 Å². The molecule has 136 heavy (non-hydrogen) atoms. The molecule has 686 valence electrons. The van der Waals surface area contributed by atoms with Gasteiger partial charge in [0.05, 0.1) is 118 Å². The SMILES string of the molecule is O=S(=O)(Cc1c(F)cccc1Cl)c1cc2[nH]c(-c3ccccn3)nc2cc1Cl.O=S(=O)(Cc1c(F)cccc1Cl)c1ccc2nc(-c3ccccn3)[nH]c2c1.O=S(=O)(Cc1ccc(Cl)cc1Cl)c1ccc2nc(-c3ccccn3)[nH]c2c1.O=S(=O)(Cc1ccc(Cl)cc1F)c1ccc2nc(-c3ccccn3)[nH]c2c1.O=S(=O)(Cc1ccccc1Cl)c1cc2[nH]c(-c3ccccn3)nc2cc1Cl. The van der Waals surface area contributed by atoms with Crippen molar-refractivity contribution in [3.63, 3.8) is 0 Å². The third-order valence-electron chi connectivity index (χ3n) is 20.5. The summed E-state index contributed by atoms with van der Waals surface area (Å²) in [5, 5.41) is 1.64. The highest BCUT2D eigenvalue weighted by molar-refractivity contribution is 7.92. The molecule has 41 heteroatoms. The van der Waals surface area contributed by atoms with Gasteiger partial charge in [-0.2, -0.15) is 0 Å². The number of pyridine rings is 5. The Labute approximate surface area is 814 Å². The molecule has 0 bridgehead atoms. The lowest BCUT2D eigenvalue weighted by Gasteiger charge is -2.09. The molecule has 25 nitrogen and oxygen atoms in total. The summed E-state index contributed by atoms with van der Waals surface area (Å²) in [6.45, 7) is 0. The van der Waals surface area contributed by atoms with Gasteiger partial charge >= 0.3 is 0 Å². The number of hydrogen-bond acceptors (Lipinski definition) is 20. The highest BCUT2D eigenvalue weighted by atomic mass is 35.5. The number of nitrogens with zero attached hydrogens (tertiary/aromatic N) is 10. The second-order valence-electron chi connectivity index (χ2n) is 29.9. The van der Waals surface area contributed by atoms with Crippen molar-refractivity contribution in [3.05, 3.63) is 383 Å². The number of halogens is 11. The van der Waals surface area contributed by atoms with Gasteiger partial charge < -0.3 is 24.9 Å². The fraction of sp³-hybridized carbons (Fsp3) is 0.0526. The Balaban J connectivity index is 0.000000123.